The average Bonchev–Trinajstić information content (AvgIpc) is 3.56. The van der Waals surface area contributed by atoms with Gasteiger partial charge in [-0.15, -0.1) is 0 Å². The Hall–Kier alpha value is -4.93. The molecule has 0 saturated carbocycles. The number of halogens is 2. The van der Waals surface area contributed by atoms with Gasteiger partial charge in [0.2, 0.25) is 0 Å². The van der Waals surface area contributed by atoms with Crippen molar-refractivity contribution >= 4 is 63.3 Å². The Balaban J connectivity index is 1.31. The van der Waals surface area contributed by atoms with Crippen LogP contribution < -0.4 is 15.4 Å². The van der Waals surface area contributed by atoms with Crippen molar-refractivity contribution in [2.75, 3.05) is 13.2 Å². The molecule has 4 aromatic carbocycles. The zero-order chi connectivity index (χ0) is 35.8. The maximum absolute atomic E-state index is 14.0. The van der Waals surface area contributed by atoms with Crippen molar-refractivity contribution in [1.29, 1.82) is 0 Å². The molecule has 1 unspecified atom stereocenters. The van der Waals surface area contributed by atoms with E-state index in [0.717, 1.165) is 10.8 Å². The quantitative estimate of drug-likeness (QED) is 0.137. The lowest BCUT2D eigenvalue weighted by Crippen LogP contribution is -2.56. The minimum Gasteiger partial charge on any atom is -0.489 e. The Labute approximate surface area is 300 Å². The first kappa shape index (κ1) is 36.4. The number of ketones is 1. The van der Waals surface area contributed by atoms with Gasteiger partial charge in [-0.3, -0.25) is 14.4 Å². The highest BCUT2D eigenvalue weighted by atomic mass is 35.5. The third-order valence-corrected chi connectivity index (χ3v) is 9.00. The number of rotatable bonds is 14. The van der Waals surface area contributed by atoms with Gasteiger partial charge in [0.15, 0.2) is 12.4 Å². The number of fused-ring (bicyclic) bond motifs is 1. The van der Waals surface area contributed by atoms with Crippen LogP contribution >= 0.6 is 23.2 Å². The van der Waals surface area contributed by atoms with Crippen molar-refractivity contribution in [2.45, 2.75) is 51.3 Å². The number of carbonyl (C=O) groups excluding carboxylic acids is 4. The van der Waals surface area contributed by atoms with E-state index in [9.17, 15) is 19.2 Å². The van der Waals surface area contributed by atoms with Gasteiger partial charge in [0.05, 0.1) is 33.4 Å². The molecule has 2 amide bonds. The number of carbonyl (C=O) groups is 4. The summed E-state index contributed by atoms with van der Waals surface area (Å²) in [6.45, 7) is 4.68. The van der Waals surface area contributed by atoms with Crippen LogP contribution in [0.5, 0.6) is 5.75 Å². The first-order chi connectivity index (χ1) is 24.0. The summed E-state index contributed by atoms with van der Waals surface area (Å²) in [6.07, 6.45) is 0.159. The van der Waals surface area contributed by atoms with Gasteiger partial charge in [-0.25, -0.2) is 4.79 Å². The number of hydrogen-bond acceptors (Lipinski definition) is 8. The lowest BCUT2D eigenvalue weighted by Gasteiger charge is -2.28. The predicted octanol–water partition coefficient (Wildman–Crippen LogP) is 6.82. The standard InChI is InChI=1S/C38H37Cl2N3O7/c1-4-30(32(44)21-48-36(46)33-28(39)15-10-16-29(33)40)41-37(47)38(22-49-27-13-6-5-7-14-27)20-31(43-50-38)34(23(2)3)42-35(45)26-18-17-24-11-8-9-12-25(24)19-26/h5-19,23,30,34H,4,20-22H2,1-3H3,(H,41,47)(H,42,45)/t30-,34-,38?/m0/s1. The largest absolute Gasteiger partial charge is 0.489 e. The number of amides is 2. The van der Waals surface area contributed by atoms with Gasteiger partial charge in [0.25, 0.3) is 17.4 Å². The SMILES string of the molecule is CC[C@H](NC(=O)C1(COc2ccccc2)CC([C@@H](NC(=O)c2ccc3ccccc3c2)C(C)C)=NO1)C(=O)COC(=O)c1c(Cl)cccc1Cl. The van der Waals surface area contributed by atoms with Gasteiger partial charge in [-0.05, 0) is 59.5 Å². The molecular weight excluding hydrogens is 681 g/mol. The second-order valence-corrected chi connectivity index (χ2v) is 13.1. The molecule has 0 aliphatic carbocycles. The van der Waals surface area contributed by atoms with Crippen molar-refractivity contribution in [1.82, 2.24) is 10.6 Å². The average molecular weight is 719 g/mol. The highest BCUT2D eigenvalue weighted by molar-refractivity contribution is 6.39. The van der Waals surface area contributed by atoms with E-state index < -0.39 is 42.0 Å². The molecule has 0 radical (unpaired) electrons. The Morgan fingerprint density at radius 3 is 2.24 bits per heavy atom. The summed E-state index contributed by atoms with van der Waals surface area (Å²) in [5, 5.41) is 12.2. The summed E-state index contributed by atoms with van der Waals surface area (Å²) in [6, 6.07) is 25.0. The Morgan fingerprint density at radius 2 is 1.56 bits per heavy atom. The molecule has 0 aromatic heterocycles. The molecule has 0 fully saturated rings. The number of benzene rings is 4. The number of para-hydroxylation sites is 1. The van der Waals surface area contributed by atoms with Crippen molar-refractivity contribution < 1.29 is 33.5 Å². The number of nitrogens with one attached hydrogen (secondary N) is 2. The molecule has 5 rings (SSSR count). The fraction of sp³-hybridized carbons (Fsp3) is 0.289. The maximum Gasteiger partial charge on any atom is 0.341 e. The molecule has 4 aromatic rings. The monoisotopic (exact) mass is 717 g/mol. The zero-order valence-corrected chi connectivity index (χ0v) is 29.3. The number of hydrogen-bond donors (Lipinski definition) is 2. The number of esters is 1. The molecule has 10 nitrogen and oxygen atoms in total. The molecule has 1 aliphatic heterocycles. The summed E-state index contributed by atoms with van der Waals surface area (Å²) in [5.41, 5.74) is -0.825. The molecule has 0 saturated heterocycles. The molecule has 3 atom stereocenters. The van der Waals surface area contributed by atoms with E-state index >= 15 is 0 Å². The van der Waals surface area contributed by atoms with E-state index in [0.29, 0.717) is 17.0 Å². The summed E-state index contributed by atoms with van der Waals surface area (Å²) >= 11 is 12.2. The molecule has 260 valence electrons. The molecular formula is C38H37Cl2N3O7. The highest BCUT2D eigenvalue weighted by Crippen LogP contribution is 2.30. The van der Waals surface area contributed by atoms with Crippen LogP contribution in [0.1, 0.15) is 54.3 Å². The minimum absolute atomic E-state index is 0.0306. The van der Waals surface area contributed by atoms with Gasteiger partial charge in [-0.2, -0.15) is 0 Å². The van der Waals surface area contributed by atoms with Crippen LogP contribution in [-0.2, 0) is 19.2 Å². The third kappa shape index (κ3) is 8.43. The fourth-order valence-electron chi connectivity index (χ4n) is 5.54. The summed E-state index contributed by atoms with van der Waals surface area (Å²) in [5.74, 6) is -2.01. The smallest absolute Gasteiger partial charge is 0.341 e. The van der Waals surface area contributed by atoms with Crippen molar-refractivity contribution in [3.05, 3.63) is 112 Å². The van der Waals surface area contributed by atoms with Crippen molar-refractivity contribution in [3.63, 3.8) is 0 Å². The van der Waals surface area contributed by atoms with Crippen LogP contribution in [0.4, 0.5) is 0 Å². The van der Waals surface area contributed by atoms with Crippen molar-refractivity contribution in [2.24, 2.45) is 11.1 Å². The second-order valence-electron chi connectivity index (χ2n) is 12.3. The Kier molecular flexibility index (Phi) is 11.8. The number of nitrogens with zero attached hydrogens (tertiary/aromatic N) is 1. The van der Waals surface area contributed by atoms with E-state index in [2.05, 4.69) is 15.8 Å². The van der Waals surface area contributed by atoms with E-state index in [4.69, 9.17) is 37.5 Å². The molecule has 1 heterocycles. The van der Waals surface area contributed by atoms with Crippen molar-refractivity contribution in [3.8, 4) is 5.75 Å². The fourth-order valence-corrected chi connectivity index (χ4v) is 6.10. The molecule has 2 N–H and O–H groups in total. The van der Waals surface area contributed by atoms with Crippen LogP contribution in [0, 0.1) is 5.92 Å². The lowest BCUT2D eigenvalue weighted by molar-refractivity contribution is -0.150. The summed E-state index contributed by atoms with van der Waals surface area (Å²) in [4.78, 5) is 59.3. The third-order valence-electron chi connectivity index (χ3n) is 8.37. The zero-order valence-electron chi connectivity index (χ0n) is 27.8. The lowest BCUT2D eigenvalue weighted by atomic mass is 9.89. The first-order valence-corrected chi connectivity index (χ1v) is 16.9. The van der Waals surface area contributed by atoms with Crippen LogP contribution in [0.2, 0.25) is 10.0 Å². The van der Waals surface area contributed by atoms with Gasteiger partial charge in [0.1, 0.15) is 12.4 Å². The van der Waals surface area contributed by atoms with Crippen LogP contribution in [0.3, 0.4) is 0 Å². The summed E-state index contributed by atoms with van der Waals surface area (Å²) < 4.78 is 11.2. The normalized spacial score (nSPS) is 16.6. The first-order valence-electron chi connectivity index (χ1n) is 16.2. The van der Waals surface area contributed by atoms with E-state index in [1.807, 2.05) is 56.3 Å². The second kappa shape index (κ2) is 16.2. The Morgan fingerprint density at radius 1 is 0.880 bits per heavy atom. The van der Waals surface area contributed by atoms with E-state index in [1.165, 1.54) is 12.1 Å². The van der Waals surface area contributed by atoms with Crippen LogP contribution in [-0.4, -0.2) is 60.2 Å². The van der Waals surface area contributed by atoms with E-state index in [-0.39, 0.29) is 46.9 Å². The number of ether oxygens (including phenoxy) is 2. The molecule has 12 heteroatoms. The molecule has 0 spiro atoms. The minimum atomic E-state index is -1.68. The van der Waals surface area contributed by atoms with Crippen LogP contribution in [0.25, 0.3) is 10.8 Å². The molecule has 50 heavy (non-hydrogen) atoms. The van der Waals surface area contributed by atoms with Gasteiger partial charge < -0.3 is 24.9 Å². The van der Waals surface area contributed by atoms with Crippen LogP contribution in [0.15, 0.2) is 96.2 Å². The predicted molar refractivity (Wildman–Crippen MR) is 192 cm³/mol. The maximum atomic E-state index is 14.0. The van der Waals surface area contributed by atoms with Gasteiger partial charge in [0, 0.05) is 12.0 Å². The molecule has 1 aliphatic rings. The number of Topliss-reactive ketones (excluding diaryl/α,β-unsaturated/α-hetero) is 1. The highest BCUT2D eigenvalue weighted by Gasteiger charge is 2.50. The van der Waals surface area contributed by atoms with E-state index in [1.54, 1.807) is 43.3 Å². The Bertz CT molecular complexity index is 1900. The summed E-state index contributed by atoms with van der Waals surface area (Å²) in [7, 11) is 0. The molecule has 0 bridgehead atoms. The van der Waals surface area contributed by atoms with Gasteiger partial charge in [-0.1, -0.05) is 104 Å². The topological polar surface area (TPSA) is 132 Å². The number of oxime groups is 1. The van der Waals surface area contributed by atoms with Gasteiger partial charge >= 0.3 is 5.97 Å².